The van der Waals surface area contributed by atoms with Crippen LogP contribution in [0.25, 0.3) is 0 Å². The number of halogens is 1. The van der Waals surface area contributed by atoms with Crippen LogP contribution in [0.2, 0.25) is 5.02 Å². The lowest BCUT2D eigenvalue weighted by atomic mass is 10.2. The quantitative estimate of drug-likeness (QED) is 0.923. The molecule has 6 heteroatoms. The SMILES string of the molecule is CC(=O)N1CCN(C(=O)CCNc2cccc(Cl)c2C)CC1. The zero-order chi connectivity index (χ0) is 16.1. The van der Waals surface area contributed by atoms with Crippen LogP contribution >= 0.6 is 11.6 Å². The number of benzene rings is 1. The summed E-state index contributed by atoms with van der Waals surface area (Å²) in [6, 6.07) is 5.69. The maximum absolute atomic E-state index is 12.2. The minimum Gasteiger partial charge on any atom is -0.384 e. The minimum atomic E-state index is 0.0743. The topological polar surface area (TPSA) is 52.7 Å². The molecule has 2 rings (SSSR count). The number of hydrogen-bond acceptors (Lipinski definition) is 3. The summed E-state index contributed by atoms with van der Waals surface area (Å²) in [6.07, 6.45) is 0.437. The van der Waals surface area contributed by atoms with Crippen LogP contribution in [0.1, 0.15) is 18.9 Å². The van der Waals surface area contributed by atoms with Crippen molar-refractivity contribution in [2.75, 3.05) is 38.0 Å². The van der Waals surface area contributed by atoms with Crippen LogP contribution in [0.3, 0.4) is 0 Å². The van der Waals surface area contributed by atoms with Gasteiger partial charge in [0.25, 0.3) is 0 Å². The van der Waals surface area contributed by atoms with Gasteiger partial charge < -0.3 is 15.1 Å². The Morgan fingerprint density at radius 3 is 2.45 bits per heavy atom. The molecule has 5 nitrogen and oxygen atoms in total. The fraction of sp³-hybridized carbons (Fsp3) is 0.500. The monoisotopic (exact) mass is 323 g/mol. The van der Waals surface area contributed by atoms with Crippen LogP contribution in [-0.2, 0) is 9.59 Å². The third-order valence-electron chi connectivity index (χ3n) is 4.00. The van der Waals surface area contributed by atoms with Gasteiger partial charge in [0.2, 0.25) is 11.8 Å². The van der Waals surface area contributed by atoms with Gasteiger partial charge in [-0.3, -0.25) is 9.59 Å². The summed E-state index contributed by atoms with van der Waals surface area (Å²) in [7, 11) is 0. The standard InChI is InChI=1S/C16H22ClN3O2/c1-12-14(17)4-3-5-15(12)18-7-6-16(22)20-10-8-19(9-11-20)13(2)21/h3-5,18H,6-11H2,1-2H3. The Morgan fingerprint density at radius 2 is 1.82 bits per heavy atom. The van der Waals surface area contributed by atoms with Crippen molar-refractivity contribution in [1.29, 1.82) is 0 Å². The first-order valence-corrected chi connectivity index (χ1v) is 7.89. The van der Waals surface area contributed by atoms with E-state index in [0.717, 1.165) is 16.3 Å². The van der Waals surface area contributed by atoms with E-state index in [4.69, 9.17) is 11.6 Å². The maximum Gasteiger partial charge on any atom is 0.224 e. The second-order valence-electron chi connectivity index (χ2n) is 5.48. The lowest BCUT2D eigenvalue weighted by Crippen LogP contribution is -2.50. The number of carbonyl (C=O) groups excluding carboxylic acids is 2. The third-order valence-corrected chi connectivity index (χ3v) is 4.41. The van der Waals surface area contributed by atoms with E-state index in [1.807, 2.05) is 30.0 Å². The Kier molecular flexibility index (Phi) is 5.66. The Bertz CT molecular complexity index is 554. The van der Waals surface area contributed by atoms with Crippen LogP contribution in [0.4, 0.5) is 5.69 Å². The first-order valence-electron chi connectivity index (χ1n) is 7.51. The fourth-order valence-corrected chi connectivity index (χ4v) is 2.71. The van der Waals surface area contributed by atoms with Crippen molar-refractivity contribution in [1.82, 2.24) is 9.80 Å². The number of nitrogens with one attached hydrogen (secondary N) is 1. The number of nitrogens with zero attached hydrogens (tertiary/aromatic N) is 2. The highest BCUT2D eigenvalue weighted by Gasteiger charge is 2.21. The summed E-state index contributed by atoms with van der Waals surface area (Å²) >= 11 is 6.07. The van der Waals surface area contributed by atoms with Gasteiger partial charge in [-0.1, -0.05) is 17.7 Å². The van der Waals surface area contributed by atoms with Gasteiger partial charge in [0.05, 0.1) is 0 Å². The predicted octanol–water partition coefficient (Wildman–Crippen LogP) is 2.14. The van der Waals surface area contributed by atoms with Crippen molar-refractivity contribution in [2.24, 2.45) is 0 Å². The number of rotatable bonds is 4. The molecule has 0 saturated carbocycles. The fourth-order valence-electron chi connectivity index (χ4n) is 2.53. The minimum absolute atomic E-state index is 0.0743. The maximum atomic E-state index is 12.2. The van der Waals surface area contributed by atoms with Gasteiger partial charge in [-0.15, -0.1) is 0 Å². The molecule has 0 unspecified atom stereocenters. The Labute approximate surface area is 136 Å². The zero-order valence-electron chi connectivity index (χ0n) is 13.1. The zero-order valence-corrected chi connectivity index (χ0v) is 13.8. The first kappa shape index (κ1) is 16.6. The highest BCUT2D eigenvalue weighted by atomic mass is 35.5. The summed E-state index contributed by atoms with van der Waals surface area (Å²) < 4.78 is 0. The van der Waals surface area contributed by atoms with E-state index in [2.05, 4.69) is 5.32 Å². The molecule has 0 spiro atoms. The summed E-state index contributed by atoms with van der Waals surface area (Å²) in [4.78, 5) is 27.0. The van der Waals surface area contributed by atoms with E-state index in [-0.39, 0.29) is 11.8 Å². The summed E-state index contributed by atoms with van der Waals surface area (Å²) in [5, 5.41) is 3.97. The van der Waals surface area contributed by atoms with Crippen LogP contribution in [0, 0.1) is 6.92 Å². The summed E-state index contributed by atoms with van der Waals surface area (Å²) in [5.74, 6) is 0.195. The molecular weight excluding hydrogens is 302 g/mol. The van der Waals surface area contributed by atoms with Gasteiger partial charge in [-0.25, -0.2) is 0 Å². The lowest BCUT2D eigenvalue weighted by molar-refractivity contribution is -0.138. The van der Waals surface area contributed by atoms with Gasteiger partial charge >= 0.3 is 0 Å². The molecule has 1 fully saturated rings. The number of hydrogen-bond donors (Lipinski definition) is 1. The highest BCUT2D eigenvalue weighted by Crippen LogP contribution is 2.22. The molecule has 0 aromatic heterocycles. The molecule has 1 saturated heterocycles. The molecule has 0 radical (unpaired) electrons. The molecule has 1 N–H and O–H groups in total. The molecule has 2 amide bonds. The third kappa shape index (κ3) is 4.13. The molecule has 1 aliphatic heterocycles. The van der Waals surface area contributed by atoms with E-state index >= 15 is 0 Å². The van der Waals surface area contributed by atoms with Crippen molar-refractivity contribution in [3.05, 3.63) is 28.8 Å². The van der Waals surface area contributed by atoms with E-state index in [1.54, 1.807) is 11.8 Å². The molecule has 0 atom stereocenters. The van der Waals surface area contributed by atoms with Crippen molar-refractivity contribution < 1.29 is 9.59 Å². The van der Waals surface area contributed by atoms with E-state index in [1.165, 1.54) is 0 Å². The van der Waals surface area contributed by atoms with Gasteiger partial charge in [0.15, 0.2) is 0 Å². The molecular formula is C16H22ClN3O2. The molecule has 1 aromatic rings. The largest absolute Gasteiger partial charge is 0.384 e. The predicted molar refractivity (Wildman–Crippen MR) is 88.1 cm³/mol. The second kappa shape index (κ2) is 7.49. The second-order valence-corrected chi connectivity index (χ2v) is 5.88. The number of amides is 2. The van der Waals surface area contributed by atoms with Gasteiger partial charge in [-0.2, -0.15) is 0 Å². The summed E-state index contributed by atoms with van der Waals surface area (Å²) in [5.41, 5.74) is 1.95. The molecule has 0 bridgehead atoms. The molecule has 0 aliphatic carbocycles. The lowest BCUT2D eigenvalue weighted by Gasteiger charge is -2.34. The van der Waals surface area contributed by atoms with Gasteiger partial charge in [-0.05, 0) is 24.6 Å². The molecule has 120 valence electrons. The number of anilines is 1. The van der Waals surface area contributed by atoms with Crippen molar-refractivity contribution in [3.8, 4) is 0 Å². The average Bonchev–Trinajstić information content (AvgIpc) is 2.51. The Hall–Kier alpha value is -1.75. The van der Waals surface area contributed by atoms with Crippen molar-refractivity contribution >= 4 is 29.1 Å². The summed E-state index contributed by atoms with van der Waals surface area (Å²) in [6.45, 7) is 6.59. The number of carbonyl (C=O) groups is 2. The van der Waals surface area contributed by atoms with Gasteiger partial charge in [0, 0.05) is 56.8 Å². The average molecular weight is 324 g/mol. The van der Waals surface area contributed by atoms with E-state index < -0.39 is 0 Å². The Morgan fingerprint density at radius 1 is 1.18 bits per heavy atom. The van der Waals surface area contributed by atoms with Crippen molar-refractivity contribution in [3.63, 3.8) is 0 Å². The number of piperazine rings is 1. The first-order chi connectivity index (χ1) is 10.5. The van der Waals surface area contributed by atoms with E-state index in [9.17, 15) is 9.59 Å². The van der Waals surface area contributed by atoms with Crippen LogP contribution in [0.15, 0.2) is 18.2 Å². The van der Waals surface area contributed by atoms with Crippen LogP contribution in [-0.4, -0.2) is 54.3 Å². The van der Waals surface area contributed by atoms with E-state index in [0.29, 0.717) is 39.1 Å². The molecule has 1 aliphatic rings. The molecule has 1 aromatic carbocycles. The van der Waals surface area contributed by atoms with Crippen molar-refractivity contribution in [2.45, 2.75) is 20.3 Å². The highest BCUT2D eigenvalue weighted by molar-refractivity contribution is 6.31. The molecule has 1 heterocycles. The van der Waals surface area contributed by atoms with Crippen LogP contribution < -0.4 is 5.32 Å². The Balaban J connectivity index is 1.77. The van der Waals surface area contributed by atoms with Gasteiger partial charge in [0.1, 0.15) is 0 Å². The normalized spacial score (nSPS) is 14.9. The smallest absolute Gasteiger partial charge is 0.224 e. The van der Waals surface area contributed by atoms with Crippen LogP contribution in [0.5, 0.6) is 0 Å². The molecule has 22 heavy (non-hydrogen) atoms.